The Balaban J connectivity index is 2.28. The van der Waals surface area contributed by atoms with Gasteiger partial charge in [-0.2, -0.15) is 0 Å². The molecule has 0 bridgehead atoms. The molecule has 1 aromatic carbocycles. The molecule has 5 heteroatoms. The number of nitrogens with zero attached hydrogens (tertiary/aromatic N) is 1. The zero-order valence-corrected chi connectivity index (χ0v) is 11.1. The van der Waals surface area contributed by atoms with Crippen molar-refractivity contribution in [3.05, 3.63) is 41.6 Å². The van der Waals surface area contributed by atoms with Gasteiger partial charge in [0, 0.05) is 11.6 Å². The summed E-state index contributed by atoms with van der Waals surface area (Å²) < 4.78 is 11.3. The molecule has 0 radical (unpaired) electrons. The topological polar surface area (TPSA) is 57.5 Å². The van der Waals surface area contributed by atoms with Crippen LogP contribution < -0.4 is 0 Å². The van der Waals surface area contributed by atoms with E-state index in [-0.39, 0.29) is 5.57 Å². The minimum atomic E-state index is -0.806. The van der Waals surface area contributed by atoms with Crippen molar-refractivity contribution in [2.45, 2.75) is 6.04 Å². The highest BCUT2D eigenvalue weighted by Gasteiger charge is 2.34. The molecule has 1 aliphatic rings. The quantitative estimate of drug-likeness (QED) is 0.783. The van der Waals surface area contributed by atoms with Crippen LogP contribution in [0.1, 0.15) is 11.6 Å². The molecule has 0 saturated heterocycles. The van der Waals surface area contributed by atoms with Gasteiger partial charge in [-0.25, -0.2) is 9.59 Å². The molecule has 3 rings (SSSR count). The number of ether oxygens (including phenoxy) is 2. The summed E-state index contributed by atoms with van der Waals surface area (Å²) in [4.78, 5) is 24.0. The smallest absolute Gasteiger partial charge is 0.336 e. The third kappa shape index (κ3) is 1.63. The number of hydrogen-bond donors (Lipinski definition) is 0. The summed E-state index contributed by atoms with van der Waals surface area (Å²) in [5.74, 6) is -1.02. The number of methoxy groups -OCH3 is 2. The Labute approximate surface area is 115 Å². The molecule has 102 valence electrons. The van der Waals surface area contributed by atoms with Crippen LogP contribution in [0.3, 0.4) is 0 Å². The zero-order chi connectivity index (χ0) is 14.3. The minimum Gasteiger partial charge on any atom is -0.467 e. The van der Waals surface area contributed by atoms with E-state index in [9.17, 15) is 9.59 Å². The van der Waals surface area contributed by atoms with Gasteiger partial charge >= 0.3 is 11.9 Å². The Bertz CT molecular complexity index is 741. The maximum atomic E-state index is 12.1. The SMILES string of the molecule is COC(=O)C1=Cc2cccc3ccn(c23)C1C(=O)OC. The van der Waals surface area contributed by atoms with E-state index >= 15 is 0 Å². The van der Waals surface area contributed by atoms with Gasteiger partial charge in [0.15, 0.2) is 6.04 Å². The first-order valence-corrected chi connectivity index (χ1v) is 6.14. The molecule has 1 unspecified atom stereocenters. The van der Waals surface area contributed by atoms with Crippen LogP contribution in [0.4, 0.5) is 0 Å². The predicted octanol–water partition coefficient (Wildman–Crippen LogP) is 1.93. The summed E-state index contributed by atoms with van der Waals surface area (Å²) >= 11 is 0. The first-order chi connectivity index (χ1) is 9.67. The van der Waals surface area contributed by atoms with Crippen LogP contribution in [0.15, 0.2) is 36.0 Å². The van der Waals surface area contributed by atoms with E-state index in [0.29, 0.717) is 0 Å². The van der Waals surface area contributed by atoms with Gasteiger partial charge in [-0.05, 0) is 17.7 Å². The summed E-state index contributed by atoms with van der Waals surface area (Å²) in [6, 6.07) is 6.87. The molecule has 0 saturated carbocycles. The third-order valence-electron chi connectivity index (χ3n) is 3.50. The van der Waals surface area contributed by atoms with Crippen LogP contribution in [0.2, 0.25) is 0 Å². The average molecular weight is 271 g/mol. The summed E-state index contributed by atoms with van der Waals surface area (Å²) in [5, 5.41) is 1.01. The summed E-state index contributed by atoms with van der Waals surface area (Å²) in [7, 11) is 2.60. The van der Waals surface area contributed by atoms with Crippen LogP contribution in [0, 0.1) is 0 Å². The van der Waals surface area contributed by atoms with E-state index in [1.807, 2.05) is 24.3 Å². The molecule has 0 aliphatic carbocycles. The van der Waals surface area contributed by atoms with E-state index in [0.717, 1.165) is 16.5 Å². The monoisotopic (exact) mass is 271 g/mol. The Kier molecular flexibility index (Phi) is 2.82. The Hall–Kier alpha value is -2.56. The normalized spacial score (nSPS) is 16.7. The third-order valence-corrected chi connectivity index (χ3v) is 3.50. The van der Waals surface area contributed by atoms with Crippen molar-refractivity contribution < 1.29 is 19.1 Å². The van der Waals surface area contributed by atoms with Gasteiger partial charge < -0.3 is 14.0 Å². The molecule has 1 aliphatic heterocycles. The molecule has 2 aromatic rings. The maximum Gasteiger partial charge on any atom is 0.336 e. The van der Waals surface area contributed by atoms with E-state index in [4.69, 9.17) is 9.47 Å². The van der Waals surface area contributed by atoms with Gasteiger partial charge in [-0.1, -0.05) is 18.2 Å². The fourth-order valence-electron chi connectivity index (χ4n) is 2.62. The zero-order valence-electron chi connectivity index (χ0n) is 11.1. The highest BCUT2D eigenvalue weighted by Crippen LogP contribution is 2.35. The highest BCUT2D eigenvalue weighted by atomic mass is 16.5. The van der Waals surface area contributed by atoms with E-state index < -0.39 is 18.0 Å². The summed E-state index contributed by atoms with van der Waals surface area (Å²) in [5.41, 5.74) is 2.07. The van der Waals surface area contributed by atoms with Gasteiger partial charge in [0.05, 0.1) is 25.3 Å². The van der Waals surface area contributed by atoms with Gasteiger partial charge in [0.2, 0.25) is 0 Å². The van der Waals surface area contributed by atoms with Gasteiger partial charge in [-0.3, -0.25) is 0 Å². The van der Waals surface area contributed by atoms with Crippen molar-refractivity contribution in [3.63, 3.8) is 0 Å². The molecule has 5 nitrogen and oxygen atoms in total. The molecule has 2 heterocycles. The molecule has 0 fully saturated rings. The Morgan fingerprint density at radius 1 is 1.15 bits per heavy atom. The van der Waals surface area contributed by atoms with Crippen molar-refractivity contribution >= 4 is 28.9 Å². The standard InChI is InChI=1S/C15H13NO4/c1-19-14(17)11-8-10-5-3-4-9-6-7-16(12(9)10)13(11)15(18)20-2/h3-8,13H,1-2H3. The fraction of sp³-hybridized carbons (Fsp3) is 0.200. The molecule has 0 N–H and O–H groups in total. The molecule has 0 spiro atoms. The molecular weight excluding hydrogens is 258 g/mol. The van der Waals surface area contributed by atoms with Crippen molar-refractivity contribution in [2.75, 3.05) is 14.2 Å². The average Bonchev–Trinajstić information content (AvgIpc) is 2.91. The number of rotatable bonds is 2. The number of carbonyl (C=O) groups is 2. The maximum absolute atomic E-state index is 12.1. The lowest BCUT2D eigenvalue weighted by Crippen LogP contribution is -2.28. The van der Waals surface area contributed by atoms with E-state index in [1.165, 1.54) is 14.2 Å². The second-order valence-corrected chi connectivity index (χ2v) is 4.53. The Morgan fingerprint density at radius 3 is 2.65 bits per heavy atom. The number of benzene rings is 1. The second kappa shape index (κ2) is 4.52. The number of carbonyl (C=O) groups excluding carboxylic acids is 2. The number of hydrogen-bond acceptors (Lipinski definition) is 4. The highest BCUT2D eigenvalue weighted by molar-refractivity contribution is 6.05. The lowest BCUT2D eigenvalue weighted by Gasteiger charge is -2.24. The lowest BCUT2D eigenvalue weighted by atomic mass is 9.98. The van der Waals surface area contributed by atoms with E-state index in [2.05, 4.69) is 0 Å². The van der Waals surface area contributed by atoms with Crippen molar-refractivity contribution in [1.29, 1.82) is 0 Å². The first kappa shape index (κ1) is 12.5. The van der Waals surface area contributed by atoms with Gasteiger partial charge in [-0.15, -0.1) is 0 Å². The van der Waals surface area contributed by atoms with Gasteiger partial charge in [0.25, 0.3) is 0 Å². The number of para-hydroxylation sites is 1. The fourth-order valence-corrected chi connectivity index (χ4v) is 2.62. The summed E-state index contributed by atoms with van der Waals surface area (Å²) in [6.07, 6.45) is 3.47. The van der Waals surface area contributed by atoms with Crippen LogP contribution in [0.5, 0.6) is 0 Å². The molecule has 20 heavy (non-hydrogen) atoms. The first-order valence-electron chi connectivity index (χ1n) is 6.14. The van der Waals surface area contributed by atoms with E-state index in [1.54, 1.807) is 16.8 Å². The van der Waals surface area contributed by atoms with Crippen molar-refractivity contribution in [1.82, 2.24) is 4.57 Å². The van der Waals surface area contributed by atoms with Crippen LogP contribution in [-0.4, -0.2) is 30.7 Å². The molecular formula is C15H13NO4. The molecule has 0 amide bonds. The largest absolute Gasteiger partial charge is 0.467 e. The lowest BCUT2D eigenvalue weighted by molar-refractivity contribution is -0.146. The number of esters is 2. The van der Waals surface area contributed by atoms with Crippen molar-refractivity contribution in [3.8, 4) is 0 Å². The van der Waals surface area contributed by atoms with Crippen molar-refractivity contribution in [2.24, 2.45) is 0 Å². The predicted molar refractivity (Wildman–Crippen MR) is 73.0 cm³/mol. The second-order valence-electron chi connectivity index (χ2n) is 4.53. The van der Waals surface area contributed by atoms with Crippen LogP contribution in [-0.2, 0) is 19.1 Å². The van der Waals surface area contributed by atoms with Crippen LogP contribution in [0.25, 0.3) is 17.0 Å². The minimum absolute atomic E-state index is 0.274. The van der Waals surface area contributed by atoms with Crippen LogP contribution >= 0.6 is 0 Å². The Morgan fingerprint density at radius 2 is 1.95 bits per heavy atom. The summed E-state index contributed by atoms with van der Waals surface area (Å²) in [6.45, 7) is 0. The number of aromatic nitrogens is 1. The van der Waals surface area contributed by atoms with Gasteiger partial charge in [0.1, 0.15) is 0 Å². The molecule has 1 aromatic heterocycles. The molecule has 1 atom stereocenters.